The summed E-state index contributed by atoms with van der Waals surface area (Å²) < 4.78 is 31.7. The molecule has 3 aromatic carbocycles. The molecule has 0 fully saturated rings. The highest BCUT2D eigenvalue weighted by Gasteiger charge is 2.12. The van der Waals surface area contributed by atoms with Crippen LogP contribution in [0.25, 0.3) is 23.1 Å². The minimum atomic E-state index is -4.40. The van der Waals surface area contributed by atoms with Gasteiger partial charge in [-0.3, -0.25) is 14.3 Å². The van der Waals surface area contributed by atoms with E-state index in [9.17, 15) is 13.2 Å². The smallest absolute Gasteiger partial charge is 0.294 e. The first-order valence-corrected chi connectivity index (χ1v) is 11.2. The van der Waals surface area contributed by atoms with E-state index >= 15 is 0 Å². The van der Waals surface area contributed by atoms with Crippen molar-refractivity contribution in [3.63, 3.8) is 0 Å². The largest absolute Gasteiger partial charge is 0.306 e. The van der Waals surface area contributed by atoms with E-state index in [4.69, 9.17) is 16.2 Å². The lowest BCUT2D eigenvalue weighted by atomic mass is 10.2. The van der Waals surface area contributed by atoms with Crippen molar-refractivity contribution in [1.82, 2.24) is 9.97 Å². The minimum Gasteiger partial charge on any atom is -0.306 e. The summed E-state index contributed by atoms with van der Waals surface area (Å²) in [6, 6.07) is 18.5. The molecule has 0 radical (unpaired) electrons. The van der Waals surface area contributed by atoms with Gasteiger partial charge < -0.3 is 4.98 Å². The van der Waals surface area contributed by atoms with E-state index in [-0.39, 0.29) is 10.3 Å². The molecule has 0 bridgehead atoms. The molecule has 0 atom stereocenters. The lowest BCUT2D eigenvalue weighted by molar-refractivity contribution is 0.483. The molecule has 0 aliphatic carbocycles. The second-order valence-corrected chi connectivity index (χ2v) is 8.70. The molecule has 1 aromatic heterocycles. The maximum absolute atomic E-state index is 12.3. The van der Waals surface area contributed by atoms with Crippen molar-refractivity contribution < 1.29 is 13.0 Å². The first-order chi connectivity index (χ1) is 15.3. The molecular weight excluding hydrogens is 450 g/mol. The normalized spacial score (nSPS) is 12.2. The van der Waals surface area contributed by atoms with Gasteiger partial charge in [0, 0.05) is 11.2 Å². The Morgan fingerprint density at radius 2 is 1.62 bits per heavy atom. The van der Waals surface area contributed by atoms with E-state index in [1.807, 2.05) is 36.4 Å². The van der Waals surface area contributed by atoms with Crippen LogP contribution in [0.2, 0.25) is 5.02 Å². The average molecular weight is 466 g/mol. The Labute approximate surface area is 188 Å². The summed E-state index contributed by atoms with van der Waals surface area (Å²) in [7, 11) is -4.40. The number of aliphatic imine (C=N–C) groups is 1. The van der Waals surface area contributed by atoms with E-state index in [1.54, 1.807) is 30.5 Å². The second-order valence-electron chi connectivity index (χ2n) is 6.84. The Bertz CT molecular complexity index is 1510. The number of aromatic amines is 1. The summed E-state index contributed by atoms with van der Waals surface area (Å²) in [5.41, 5.74) is 2.40. The van der Waals surface area contributed by atoms with Crippen LogP contribution in [-0.4, -0.2) is 29.2 Å². The van der Waals surface area contributed by atoms with Gasteiger partial charge in [0.25, 0.3) is 15.7 Å². The SMILES string of the molecule is O=c1[nH]c(/C=C/c2ccc(N=Cc3ccc(Cl)cc3)cc2)nc2ccc(S(=O)(=O)O)cc12. The van der Waals surface area contributed by atoms with E-state index in [2.05, 4.69) is 15.0 Å². The van der Waals surface area contributed by atoms with Crippen molar-refractivity contribution in [3.8, 4) is 0 Å². The molecule has 2 N–H and O–H groups in total. The van der Waals surface area contributed by atoms with Crippen LogP contribution in [0.5, 0.6) is 0 Å². The van der Waals surface area contributed by atoms with Crippen LogP contribution in [0, 0.1) is 0 Å². The van der Waals surface area contributed by atoms with Crippen LogP contribution < -0.4 is 5.56 Å². The number of benzene rings is 3. The summed E-state index contributed by atoms with van der Waals surface area (Å²) in [6.07, 6.45) is 5.17. The lowest BCUT2D eigenvalue weighted by Gasteiger charge is -2.02. The van der Waals surface area contributed by atoms with E-state index in [1.165, 1.54) is 12.1 Å². The van der Waals surface area contributed by atoms with Gasteiger partial charge in [-0.2, -0.15) is 8.42 Å². The standard InChI is InChI=1S/C23H16ClN3O4S/c24-17-6-1-16(2-7-17)14-25-18-8-3-15(4-9-18)5-12-22-26-21-11-10-19(32(29,30)31)13-20(21)23(28)27-22/h1-14H,(H,26,27,28)(H,29,30,31)/b12-5+,25-14?. The number of halogens is 1. The van der Waals surface area contributed by atoms with Gasteiger partial charge in [-0.15, -0.1) is 0 Å². The lowest BCUT2D eigenvalue weighted by Crippen LogP contribution is -2.10. The number of rotatable bonds is 5. The van der Waals surface area contributed by atoms with Crippen molar-refractivity contribution in [2.75, 3.05) is 0 Å². The number of fused-ring (bicyclic) bond motifs is 1. The zero-order valence-corrected chi connectivity index (χ0v) is 18.0. The van der Waals surface area contributed by atoms with Gasteiger partial charge in [-0.05, 0) is 59.7 Å². The third-order valence-electron chi connectivity index (χ3n) is 4.55. The van der Waals surface area contributed by atoms with Gasteiger partial charge in [-0.1, -0.05) is 41.9 Å². The zero-order valence-electron chi connectivity index (χ0n) is 16.4. The van der Waals surface area contributed by atoms with Gasteiger partial charge >= 0.3 is 0 Å². The minimum absolute atomic E-state index is 0.0696. The molecule has 0 saturated carbocycles. The molecule has 0 aliphatic rings. The van der Waals surface area contributed by atoms with Crippen LogP contribution in [-0.2, 0) is 10.1 Å². The highest BCUT2D eigenvalue weighted by molar-refractivity contribution is 7.85. The summed E-state index contributed by atoms with van der Waals surface area (Å²) in [5, 5.41) is 0.739. The number of nitrogens with one attached hydrogen (secondary N) is 1. The van der Waals surface area contributed by atoms with Gasteiger partial charge in [0.2, 0.25) is 0 Å². The van der Waals surface area contributed by atoms with Gasteiger partial charge in [0.1, 0.15) is 5.82 Å². The van der Waals surface area contributed by atoms with Crippen LogP contribution in [0.1, 0.15) is 17.0 Å². The van der Waals surface area contributed by atoms with Crippen molar-refractivity contribution in [1.29, 1.82) is 0 Å². The fraction of sp³-hybridized carbons (Fsp3) is 0. The summed E-state index contributed by atoms with van der Waals surface area (Å²) in [5.74, 6) is 0.312. The third kappa shape index (κ3) is 5.17. The molecule has 0 saturated heterocycles. The molecule has 160 valence electrons. The number of hydrogen-bond donors (Lipinski definition) is 2. The van der Waals surface area contributed by atoms with Crippen LogP contribution >= 0.6 is 11.6 Å². The Morgan fingerprint density at radius 3 is 2.31 bits per heavy atom. The summed E-state index contributed by atoms with van der Waals surface area (Å²) >= 11 is 5.87. The fourth-order valence-electron chi connectivity index (χ4n) is 2.92. The van der Waals surface area contributed by atoms with Crippen molar-refractivity contribution in [3.05, 3.63) is 99.1 Å². The van der Waals surface area contributed by atoms with Crippen LogP contribution in [0.15, 0.2) is 81.4 Å². The molecule has 0 unspecified atom stereocenters. The van der Waals surface area contributed by atoms with Crippen LogP contribution in [0.4, 0.5) is 5.69 Å². The predicted octanol–water partition coefficient (Wildman–Crippen LogP) is 4.74. The monoisotopic (exact) mass is 465 g/mol. The van der Waals surface area contributed by atoms with Crippen molar-refractivity contribution in [2.45, 2.75) is 4.90 Å². The van der Waals surface area contributed by atoms with E-state index in [0.29, 0.717) is 16.4 Å². The highest BCUT2D eigenvalue weighted by atomic mass is 35.5. The average Bonchev–Trinajstić information content (AvgIpc) is 2.77. The Hall–Kier alpha value is -3.59. The van der Waals surface area contributed by atoms with Gasteiger partial charge in [0.05, 0.1) is 21.5 Å². The number of aromatic nitrogens is 2. The van der Waals surface area contributed by atoms with Crippen molar-refractivity contribution in [2.24, 2.45) is 4.99 Å². The Morgan fingerprint density at radius 1 is 0.938 bits per heavy atom. The van der Waals surface area contributed by atoms with E-state index < -0.39 is 15.7 Å². The third-order valence-corrected chi connectivity index (χ3v) is 5.65. The fourth-order valence-corrected chi connectivity index (χ4v) is 3.55. The number of nitrogens with zero attached hydrogens (tertiary/aromatic N) is 2. The highest BCUT2D eigenvalue weighted by Crippen LogP contribution is 2.17. The molecule has 0 aliphatic heterocycles. The van der Waals surface area contributed by atoms with Crippen LogP contribution in [0.3, 0.4) is 0 Å². The number of hydrogen-bond acceptors (Lipinski definition) is 5. The van der Waals surface area contributed by atoms with Crippen molar-refractivity contribution >= 4 is 56.7 Å². The van der Waals surface area contributed by atoms with Gasteiger partial charge in [-0.25, -0.2) is 4.98 Å². The van der Waals surface area contributed by atoms with Gasteiger partial charge in [0.15, 0.2) is 0 Å². The molecule has 9 heteroatoms. The molecule has 0 spiro atoms. The molecule has 7 nitrogen and oxygen atoms in total. The predicted molar refractivity (Wildman–Crippen MR) is 126 cm³/mol. The summed E-state index contributed by atoms with van der Waals surface area (Å²) in [6.45, 7) is 0. The number of H-pyrrole nitrogens is 1. The maximum Gasteiger partial charge on any atom is 0.294 e. The second kappa shape index (κ2) is 8.88. The van der Waals surface area contributed by atoms with E-state index in [0.717, 1.165) is 22.9 Å². The molecule has 0 amide bonds. The molecule has 32 heavy (non-hydrogen) atoms. The first-order valence-electron chi connectivity index (χ1n) is 9.37. The summed E-state index contributed by atoms with van der Waals surface area (Å²) in [4.78, 5) is 23.3. The Balaban J connectivity index is 1.52. The molecule has 1 heterocycles. The molecule has 4 rings (SSSR count). The zero-order chi connectivity index (χ0) is 22.7. The Kier molecular flexibility index (Phi) is 6.00. The quantitative estimate of drug-likeness (QED) is 0.326. The first kappa shape index (κ1) is 21.6. The molecular formula is C23H16ClN3O4S. The maximum atomic E-state index is 12.3. The molecule has 4 aromatic rings. The topological polar surface area (TPSA) is 112 Å².